The molecular weight excluding hydrogens is 262 g/mol. The first-order valence-corrected chi connectivity index (χ1v) is 6.32. The summed E-state index contributed by atoms with van der Waals surface area (Å²) in [7, 11) is 0. The molecule has 7 heteroatoms. The van der Waals surface area contributed by atoms with Gasteiger partial charge in [0.05, 0.1) is 17.2 Å². The minimum absolute atomic E-state index is 0.120. The molecule has 20 heavy (non-hydrogen) atoms. The number of carboxylic acids is 1. The molecule has 1 unspecified atom stereocenters. The van der Waals surface area contributed by atoms with Crippen molar-refractivity contribution in [1.82, 2.24) is 4.90 Å². The molecule has 1 amide bonds. The van der Waals surface area contributed by atoms with Crippen LogP contribution in [-0.4, -0.2) is 35.0 Å². The number of hydrogen-bond donors (Lipinski definition) is 3. The van der Waals surface area contributed by atoms with Crippen LogP contribution in [0.3, 0.4) is 0 Å². The molecule has 1 aromatic rings. The van der Waals surface area contributed by atoms with Gasteiger partial charge in [0.2, 0.25) is 0 Å². The first-order valence-electron chi connectivity index (χ1n) is 6.32. The van der Waals surface area contributed by atoms with Gasteiger partial charge in [-0.25, -0.2) is 0 Å². The lowest BCUT2D eigenvalue weighted by Crippen LogP contribution is -2.42. The lowest BCUT2D eigenvalue weighted by Gasteiger charge is -2.31. The van der Waals surface area contributed by atoms with Crippen LogP contribution in [0.5, 0.6) is 5.75 Å². The van der Waals surface area contributed by atoms with E-state index in [1.165, 1.54) is 4.90 Å². The second-order valence-corrected chi connectivity index (χ2v) is 4.77. The molecule has 1 fully saturated rings. The quantitative estimate of drug-likeness (QED) is 0.546. The van der Waals surface area contributed by atoms with E-state index in [1.54, 1.807) is 18.2 Å². The van der Waals surface area contributed by atoms with E-state index >= 15 is 0 Å². The average molecular weight is 279 g/mol. The van der Waals surface area contributed by atoms with Gasteiger partial charge in [0.1, 0.15) is 0 Å². The van der Waals surface area contributed by atoms with Crippen LogP contribution in [0.25, 0.3) is 0 Å². The van der Waals surface area contributed by atoms with Gasteiger partial charge in [-0.1, -0.05) is 6.07 Å². The second-order valence-electron chi connectivity index (χ2n) is 4.77. The van der Waals surface area contributed by atoms with Crippen LogP contribution < -0.4 is 16.5 Å². The van der Waals surface area contributed by atoms with Crippen molar-refractivity contribution >= 4 is 17.6 Å². The van der Waals surface area contributed by atoms with Crippen molar-refractivity contribution in [1.29, 1.82) is 0 Å². The van der Waals surface area contributed by atoms with Gasteiger partial charge in [0.25, 0.3) is 5.91 Å². The Morgan fingerprint density at radius 3 is 2.80 bits per heavy atom. The normalized spacial score (nSPS) is 18.6. The first kappa shape index (κ1) is 14.1. The molecule has 0 aromatic heterocycles. The summed E-state index contributed by atoms with van der Waals surface area (Å²) in [4.78, 5) is 29.6. The number of benzene rings is 1. The summed E-state index contributed by atoms with van der Waals surface area (Å²) < 4.78 is 0. The smallest absolute Gasteiger partial charge is 0.308 e. The third-order valence-corrected chi connectivity index (χ3v) is 3.45. The highest BCUT2D eigenvalue weighted by Gasteiger charge is 2.30. The Bertz CT molecular complexity index is 532. The minimum atomic E-state index is -0.884. The number of piperidine rings is 1. The third kappa shape index (κ3) is 2.67. The molecule has 1 heterocycles. The van der Waals surface area contributed by atoms with Crippen molar-refractivity contribution in [2.45, 2.75) is 12.8 Å². The summed E-state index contributed by atoms with van der Waals surface area (Å²) in [5.41, 5.74) is 6.22. The molecule has 0 aliphatic carbocycles. The van der Waals surface area contributed by atoms with Gasteiger partial charge in [0.15, 0.2) is 5.75 Å². The summed E-state index contributed by atoms with van der Waals surface area (Å²) in [5, 5.41) is 9.05. The number of likely N-dealkylation sites (tertiary alicyclic amines) is 1. The van der Waals surface area contributed by atoms with E-state index in [1.807, 2.05) is 0 Å². The van der Waals surface area contributed by atoms with Gasteiger partial charge in [-0.05, 0) is 25.0 Å². The van der Waals surface area contributed by atoms with E-state index in [-0.39, 0.29) is 29.5 Å². The standard InChI is InChI=1S/C13H17N3O4/c14-10-5-1-4-9(11(10)20-15)12(17)16-6-2-3-8(7-16)13(18)19/h1,4-5,8H,2-3,6-7,14-15H2,(H,18,19). The van der Waals surface area contributed by atoms with E-state index in [9.17, 15) is 9.59 Å². The van der Waals surface area contributed by atoms with E-state index in [4.69, 9.17) is 16.7 Å². The minimum Gasteiger partial charge on any atom is -0.481 e. The Morgan fingerprint density at radius 2 is 2.15 bits per heavy atom. The van der Waals surface area contributed by atoms with E-state index in [0.717, 1.165) is 0 Å². The number of nitrogens with two attached hydrogens (primary N) is 2. The molecule has 0 saturated carbocycles. The van der Waals surface area contributed by atoms with Crippen LogP contribution >= 0.6 is 0 Å². The van der Waals surface area contributed by atoms with Crippen LogP contribution in [0.2, 0.25) is 0 Å². The van der Waals surface area contributed by atoms with Crippen LogP contribution in [0, 0.1) is 5.92 Å². The molecule has 1 aromatic carbocycles. The predicted octanol–water partition coefficient (Wildman–Crippen LogP) is 0.458. The van der Waals surface area contributed by atoms with Crippen molar-refractivity contribution in [3.05, 3.63) is 23.8 Å². The molecule has 1 atom stereocenters. The maximum Gasteiger partial charge on any atom is 0.308 e. The van der Waals surface area contributed by atoms with Crippen molar-refractivity contribution in [3.8, 4) is 5.75 Å². The number of nitrogens with zero attached hydrogens (tertiary/aromatic N) is 1. The number of rotatable bonds is 3. The lowest BCUT2D eigenvalue weighted by atomic mass is 9.97. The van der Waals surface area contributed by atoms with Crippen molar-refractivity contribution < 1.29 is 19.5 Å². The molecule has 1 saturated heterocycles. The van der Waals surface area contributed by atoms with Crippen LogP contribution in [-0.2, 0) is 4.79 Å². The largest absolute Gasteiger partial charge is 0.481 e. The highest BCUT2D eigenvalue weighted by Crippen LogP contribution is 2.28. The fraction of sp³-hybridized carbons (Fsp3) is 0.385. The van der Waals surface area contributed by atoms with Crippen molar-refractivity contribution in [2.75, 3.05) is 18.8 Å². The number of amides is 1. The molecule has 7 nitrogen and oxygen atoms in total. The van der Waals surface area contributed by atoms with Crippen LogP contribution in [0.4, 0.5) is 5.69 Å². The summed E-state index contributed by atoms with van der Waals surface area (Å²) in [6.07, 6.45) is 1.24. The Hall–Kier alpha value is -2.28. The van der Waals surface area contributed by atoms with Gasteiger partial charge in [-0.3, -0.25) is 9.59 Å². The van der Waals surface area contributed by atoms with Crippen molar-refractivity contribution in [2.24, 2.45) is 11.8 Å². The van der Waals surface area contributed by atoms with Gasteiger partial charge >= 0.3 is 5.97 Å². The summed E-state index contributed by atoms with van der Waals surface area (Å²) in [6.45, 7) is 0.703. The molecule has 108 valence electrons. The van der Waals surface area contributed by atoms with Crippen molar-refractivity contribution in [3.63, 3.8) is 0 Å². The molecule has 0 bridgehead atoms. The highest BCUT2D eigenvalue weighted by atomic mass is 16.6. The molecular formula is C13H17N3O4. The number of carbonyl (C=O) groups is 2. The molecule has 2 rings (SSSR count). The Balaban J connectivity index is 2.23. The zero-order valence-electron chi connectivity index (χ0n) is 10.9. The topological polar surface area (TPSA) is 119 Å². The monoisotopic (exact) mass is 279 g/mol. The average Bonchev–Trinajstić information content (AvgIpc) is 2.46. The van der Waals surface area contributed by atoms with E-state index < -0.39 is 11.9 Å². The van der Waals surface area contributed by atoms with Gasteiger partial charge in [-0.15, -0.1) is 0 Å². The van der Waals surface area contributed by atoms with Crippen LogP contribution in [0.1, 0.15) is 23.2 Å². The second kappa shape index (κ2) is 5.79. The zero-order valence-corrected chi connectivity index (χ0v) is 10.9. The van der Waals surface area contributed by atoms with E-state index in [2.05, 4.69) is 4.84 Å². The number of hydrogen-bond acceptors (Lipinski definition) is 5. The number of para-hydroxylation sites is 1. The number of carboxylic acid groups (broad SMARTS) is 1. The molecule has 1 aliphatic rings. The highest BCUT2D eigenvalue weighted by molar-refractivity contribution is 5.98. The predicted molar refractivity (Wildman–Crippen MR) is 71.9 cm³/mol. The third-order valence-electron chi connectivity index (χ3n) is 3.45. The van der Waals surface area contributed by atoms with Gasteiger partial charge in [-0.2, -0.15) is 5.90 Å². The maximum atomic E-state index is 12.4. The SMILES string of the molecule is NOc1c(N)cccc1C(=O)N1CCCC(C(=O)O)C1. The Morgan fingerprint density at radius 1 is 1.40 bits per heavy atom. The molecule has 0 radical (unpaired) electrons. The lowest BCUT2D eigenvalue weighted by molar-refractivity contribution is -0.143. The van der Waals surface area contributed by atoms with E-state index in [0.29, 0.717) is 19.4 Å². The molecule has 5 N–H and O–H groups in total. The Kier molecular flexibility index (Phi) is 4.09. The van der Waals surface area contributed by atoms with Gasteiger partial charge < -0.3 is 20.6 Å². The first-order chi connectivity index (χ1) is 9.54. The Labute approximate surface area is 116 Å². The fourth-order valence-corrected chi connectivity index (χ4v) is 2.39. The fourth-order valence-electron chi connectivity index (χ4n) is 2.39. The number of nitrogen functional groups attached to an aromatic ring is 1. The maximum absolute atomic E-state index is 12.4. The van der Waals surface area contributed by atoms with Gasteiger partial charge in [0, 0.05) is 13.1 Å². The number of anilines is 1. The summed E-state index contributed by atoms with van der Waals surface area (Å²) in [6, 6.07) is 4.77. The molecule has 1 aliphatic heterocycles. The molecule has 0 spiro atoms. The summed E-state index contributed by atoms with van der Waals surface area (Å²) in [5.74, 6) is 3.54. The number of aliphatic carboxylic acids is 1. The number of carbonyl (C=O) groups excluding carboxylic acids is 1. The zero-order chi connectivity index (χ0) is 14.7. The summed E-state index contributed by atoms with van der Waals surface area (Å²) >= 11 is 0. The van der Waals surface area contributed by atoms with Crippen LogP contribution in [0.15, 0.2) is 18.2 Å².